The lowest BCUT2D eigenvalue weighted by molar-refractivity contribution is -0.162. The van der Waals surface area contributed by atoms with E-state index in [0.717, 1.165) is 5.56 Å². The summed E-state index contributed by atoms with van der Waals surface area (Å²) in [7, 11) is 0. The summed E-state index contributed by atoms with van der Waals surface area (Å²) in [6.45, 7) is 2.36. The van der Waals surface area contributed by atoms with Gasteiger partial charge >= 0.3 is 5.97 Å². The number of pyridine rings is 1. The standard InChI is InChI=1S/C15H17N3O4/c1-10-2-5-18-9-11(16-12(18)8-10)13(19)17-6-3-15(22,4-7-17)14(20)21/h2,5,8-9,22H,3-4,6-7H2,1H3,(H,20,21). The first-order chi connectivity index (χ1) is 10.4. The highest BCUT2D eigenvalue weighted by atomic mass is 16.4. The van der Waals surface area contributed by atoms with E-state index in [2.05, 4.69) is 4.98 Å². The fraction of sp³-hybridized carbons (Fsp3) is 0.400. The topological polar surface area (TPSA) is 95.1 Å². The van der Waals surface area contributed by atoms with Crippen LogP contribution in [0, 0.1) is 6.92 Å². The molecule has 0 spiro atoms. The lowest BCUT2D eigenvalue weighted by Gasteiger charge is -2.34. The maximum absolute atomic E-state index is 12.5. The van der Waals surface area contributed by atoms with Gasteiger partial charge < -0.3 is 19.5 Å². The van der Waals surface area contributed by atoms with Crippen LogP contribution in [0.25, 0.3) is 5.65 Å². The molecule has 7 heteroatoms. The molecule has 1 aliphatic heterocycles. The van der Waals surface area contributed by atoms with Crippen LogP contribution >= 0.6 is 0 Å². The number of rotatable bonds is 2. The van der Waals surface area contributed by atoms with Gasteiger partial charge in [-0.2, -0.15) is 0 Å². The molecule has 1 saturated heterocycles. The number of likely N-dealkylation sites (tertiary alicyclic amines) is 1. The zero-order valence-electron chi connectivity index (χ0n) is 12.2. The van der Waals surface area contributed by atoms with Crippen LogP contribution < -0.4 is 0 Å². The van der Waals surface area contributed by atoms with Gasteiger partial charge in [0.05, 0.1) is 0 Å². The molecule has 2 aromatic rings. The summed E-state index contributed by atoms with van der Waals surface area (Å²) in [6, 6.07) is 3.81. The Hall–Kier alpha value is -2.41. The van der Waals surface area contributed by atoms with E-state index in [-0.39, 0.29) is 31.8 Å². The highest BCUT2D eigenvalue weighted by Gasteiger charge is 2.40. The molecule has 0 bridgehead atoms. The Kier molecular flexibility index (Phi) is 3.37. The van der Waals surface area contributed by atoms with Crippen LogP contribution in [-0.2, 0) is 4.79 Å². The molecule has 0 atom stereocenters. The number of carbonyl (C=O) groups excluding carboxylic acids is 1. The molecule has 0 unspecified atom stereocenters. The number of hydrogen-bond donors (Lipinski definition) is 2. The minimum atomic E-state index is -1.73. The second kappa shape index (κ2) is 5.10. The van der Waals surface area contributed by atoms with Crippen LogP contribution in [0.1, 0.15) is 28.9 Å². The van der Waals surface area contributed by atoms with Gasteiger partial charge in [0, 0.05) is 38.3 Å². The highest BCUT2D eigenvalue weighted by Crippen LogP contribution is 2.23. The largest absolute Gasteiger partial charge is 0.479 e. The molecule has 3 rings (SSSR count). The van der Waals surface area contributed by atoms with Gasteiger partial charge in [-0.3, -0.25) is 4.79 Å². The van der Waals surface area contributed by atoms with E-state index >= 15 is 0 Å². The number of aliphatic hydroxyl groups is 1. The lowest BCUT2D eigenvalue weighted by Crippen LogP contribution is -2.50. The summed E-state index contributed by atoms with van der Waals surface area (Å²) in [5.41, 5.74) is 0.350. The molecule has 22 heavy (non-hydrogen) atoms. The number of fused-ring (bicyclic) bond motifs is 1. The fourth-order valence-electron chi connectivity index (χ4n) is 2.64. The second-order valence-corrected chi connectivity index (χ2v) is 5.72. The normalized spacial score (nSPS) is 17.6. The molecule has 1 aliphatic rings. The SMILES string of the molecule is Cc1ccn2cc(C(=O)N3CCC(O)(C(=O)O)CC3)nc2c1. The van der Waals surface area contributed by atoms with Gasteiger partial charge in [-0.1, -0.05) is 0 Å². The zero-order valence-corrected chi connectivity index (χ0v) is 12.2. The Bertz CT molecular complexity index is 744. The van der Waals surface area contributed by atoms with Gasteiger partial charge in [-0.15, -0.1) is 0 Å². The van der Waals surface area contributed by atoms with Crippen molar-refractivity contribution in [3.8, 4) is 0 Å². The summed E-state index contributed by atoms with van der Waals surface area (Å²) in [6.07, 6.45) is 3.56. The molecule has 0 aromatic carbocycles. The first kappa shape index (κ1) is 14.5. The first-order valence-corrected chi connectivity index (χ1v) is 7.09. The van der Waals surface area contributed by atoms with E-state index in [1.54, 1.807) is 10.6 Å². The van der Waals surface area contributed by atoms with Crippen molar-refractivity contribution in [2.24, 2.45) is 0 Å². The van der Waals surface area contributed by atoms with Crippen molar-refractivity contribution in [1.29, 1.82) is 0 Å². The van der Waals surface area contributed by atoms with Gasteiger partial charge in [0.1, 0.15) is 11.3 Å². The molecule has 2 aromatic heterocycles. The van der Waals surface area contributed by atoms with E-state index in [0.29, 0.717) is 11.3 Å². The van der Waals surface area contributed by atoms with Gasteiger partial charge in [0.15, 0.2) is 5.60 Å². The number of aromatic nitrogens is 2. The molecule has 3 heterocycles. The van der Waals surface area contributed by atoms with Crippen molar-refractivity contribution in [3.63, 3.8) is 0 Å². The Morgan fingerprint density at radius 2 is 2.00 bits per heavy atom. The van der Waals surface area contributed by atoms with Crippen molar-refractivity contribution in [1.82, 2.24) is 14.3 Å². The summed E-state index contributed by atoms with van der Waals surface area (Å²) < 4.78 is 1.78. The molecule has 1 fully saturated rings. The minimum absolute atomic E-state index is 0.0283. The zero-order chi connectivity index (χ0) is 15.9. The van der Waals surface area contributed by atoms with E-state index in [1.165, 1.54) is 4.90 Å². The molecular weight excluding hydrogens is 286 g/mol. The fourth-order valence-corrected chi connectivity index (χ4v) is 2.64. The Morgan fingerprint density at radius 1 is 1.32 bits per heavy atom. The number of aliphatic carboxylic acids is 1. The molecule has 0 radical (unpaired) electrons. The third kappa shape index (κ3) is 2.43. The maximum atomic E-state index is 12.5. The monoisotopic (exact) mass is 303 g/mol. The summed E-state index contributed by atoms with van der Waals surface area (Å²) >= 11 is 0. The molecule has 7 nitrogen and oxygen atoms in total. The van der Waals surface area contributed by atoms with Crippen molar-refractivity contribution in [2.45, 2.75) is 25.4 Å². The number of amides is 1. The average Bonchev–Trinajstić information content (AvgIpc) is 2.90. The molecule has 0 aliphatic carbocycles. The van der Waals surface area contributed by atoms with E-state index in [4.69, 9.17) is 5.11 Å². The molecule has 1 amide bonds. The quantitative estimate of drug-likeness (QED) is 0.851. The minimum Gasteiger partial charge on any atom is -0.479 e. The Balaban J connectivity index is 1.78. The van der Waals surface area contributed by atoms with Crippen LogP contribution in [0.5, 0.6) is 0 Å². The van der Waals surface area contributed by atoms with Gasteiger partial charge in [-0.05, 0) is 24.6 Å². The maximum Gasteiger partial charge on any atom is 0.335 e. The lowest BCUT2D eigenvalue weighted by atomic mass is 9.91. The molecule has 116 valence electrons. The summed E-state index contributed by atoms with van der Waals surface area (Å²) in [4.78, 5) is 29.3. The van der Waals surface area contributed by atoms with Gasteiger partial charge in [-0.25, -0.2) is 9.78 Å². The number of piperidine rings is 1. The van der Waals surface area contributed by atoms with Crippen molar-refractivity contribution in [2.75, 3.05) is 13.1 Å². The Labute approximate surface area is 126 Å². The average molecular weight is 303 g/mol. The van der Waals surface area contributed by atoms with E-state index in [9.17, 15) is 14.7 Å². The Morgan fingerprint density at radius 3 is 2.64 bits per heavy atom. The number of aryl methyl sites for hydroxylation is 1. The summed E-state index contributed by atoms with van der Waals surface area (Å²) in [5.74, 6) is -1.48. The van der Waals surface area contributed by atoms with Gasteiger partial charge in [0.2, 0.25) is 0 Å². The van der Waals surface area contributed by atoms with Gasteiger partial charge in [0.25, 0.3) is 5.91 Å². The molecular formula is C15H17N3O4. The number of carboxylic acids is 1. The van der Waals surface area contributed by atoms with Crippen LogP contribution in [0.2, 0.25) is 0 Å². The summed E-state index contributed by atoms with van der Waals surface area (Å²) in [5, 5.41) is 18.9. The van der Waals surface area contributed by atoms with Crippen molar-refractivity contribution in [3.05, 3.63) is 35.8 Å². The molecule has 0 saturated carbocycles. The number of carbonyl (C=O) groups is 2. The van der Waals surface area contributed by atoms with Crippen LogP contribution in [0.3, 0.4) is 0 Å². The number of imidazole rings is 1. The highest BCUT2D eigenvalue weighted by molar-refractivity contribution is 5.93. The second-order valence-electron chi connectivity index (χ2n) is 5.72. The van der Waals surface area contributed by atoms with Crippen LogP contribution in [-0.4, -0.2) is 55.1 Å². The smallest absolute Gasteiger partial charge is 0.335 e. The predicted octanol–water partition coefficient (Wildman–Crippen LogP) is 0.694. The van der Waals surface area contributed by atoms with Crippen molar-refractivity contribution < 1.29 is 19.8 Å². The van der Waals surface area contributed by atoms with Crippen LogP contribution in [0.4, 0.5) is 0 Å². The van der Waals surface area contributed by atoms with E-state index in [1.807, 2.05) is 25.3 Å². The predicted molar refractivity (Wildman–Crippen MR) is 77.7 cm³/mol. The van der Waals surface area contributed by atoms with Crippen molar-refractivity contribution >= 4 is 17.5 Å². The number of carboxylic acid groups (broad SMARTS) is 1. The number of nitrogens with zero attached hydrogens (tertiary/aromatic N) is 3. The molecule has 2 N–H and O–H groups in total. The van der Waals surface area contributed by atoms with E-state index < -0.39 is 11.6 Å². The third-order valence-electron chi connectivity index (χ3n) is 4.11. The number of hydrogen-bond acceptors (Lipinski definition) is 4. The first-order valence-electron chi connectivity index (χ1n) is 7.09. The third-order valence-corrected chi connectivity index (χ3v) is 4.11. The van der Waals surface area contributed by atoms with Crippen LogP contribution in [0.15, 0.2) is 24.5 Å².